The van der Waals surface area contributed by atoms with Gasteiger partial charge in [0.25, 0.3) is 0 Å². The second kappa shape index (κ2) is 2.98. The zero-order chi connectivity index (χ0) is 10.6. The monoisotopic (exact) mass is 196 g/mol. The van der Waals surface area contributed by atoms with Gasteiger partial charge in [-0.25, -0.2) is 0 Å². The Bertz CT molecular complexity index is 224. The van der Waals surface area contributed by atoms with Crippen molar-refractivity contribution in [1.82, 2.24) is 0 Å². The molecule has 3 unspecified atom stereocenters. The quantitative estimate of drug-likeness (QED) is 0.622. The van der Waals surface area contributed by atoms with Gasteiger partial charge in [-0.05, 0) is 57.3 Å². The van der Waals surface area contributed by atoms with Crippen LogP contribution in [0.4, 0.5) is 0 Å². The second-order valence-electron chi connectivity index (χ2n) is 6.74. The molecule has 0 heterocycles. The summed E-state index contributed by atoms with van der Waals surface area (Å²) in [5.74, 6) is 1.76. The van der Waals surface area contributed by atoms with Crippen molar-refractivity contribution in [3.05, 3.63) is 0 Å². The molecule has 2 aliphatic carbocycles. The summed E-state index contributed by atoms with van der Waals surface area (Å²) in [4.78, 5) is 0. The number of rotatable bonds is 1. The Morgan fingerprint density at radius 3 is 2.21 bits per heavy atom. The second-order valence-corrected chi connectivity index (χ2v) is 6.74. The van der Waals surface area contributed by atoms with E-state index in [0.29, 0.717) is 11.5 Å². The maximum Gasteiger partial charge on any atom is 0.0663 e. The number of fused-ring (bicyclic) bond motifs is 2. The Morgan fingerprint density at radius 1 is 1.14 bits per heavy atom. The molecule has 1 heteroatoms. The zero-order valence-corrected chi connectivity index (χ0v) is 10.3. The Morgan fingerprint density at radius 2 is 1.79 bits per heavy atom. The first kappa shape index (κ1) is 10.5. The molecule has 2 aliphatic rings. The lowest BCUT2D eigenvalue weighted by Gasteiger charge is -2.41. The van der Waals surface area contributed by atoms with Crippen LogP contribution in [0.15, 0.2) is 0 Å². The molecule has 2 fully saturated rings. The minimum Gasteiger partial charge on any atom is -0.372 e. The standard InChI is InChI=1S/C13H24O/c1-12(2,3)14-11-9-6-7-10(8-9)13(11,4)5/h9-11H,6-8H2,1-5H3. The average molecular weight is 196 g/mol. The highest BCUT2D eigenvalue weighted by Gasteiger charge is 2.54. The van der Waals surface area contributed by atoms with Gasteiger partial charge in [-0.3, -0.25) is 0 Å². The first-order valence-corrected chi connectivity index (χ1v) is 5.98. The Hall–Kier alpha value is -0.0400. The van der Waals surface area contributed by atoms with Crippen LogP contribution in [-0.2, 0) is 4.74 Å². The number of hydrogen-bond acceptors (Lipinski definition) is 1. The lowest BCUT2D eigenvalue weighted by Crippen LogP contribution is -2.42. The minimum absolute atomic E-state index is 0.0203. The molecule has 0 amide bonds. The molecule has 0 saturated heterocycles. The zero-order valence-electron chi connectivity index (χ0n) is 10.3. The molecule has 2 rings (SSSR count). The van der Waals surface area contributed by atoms with E-state index in [2.05, 4.69) is 34.6 Å². The predicted molar refractivity (Wildman–Crippen MR) is 59.2 cm³/mol. The van der Waals surface area contributed by atoms with Gasteiger partial charge in [-0.1, -0.05) is 13.8 Å². The van der Waals surface area contributed by atoms with Gasteiger partial charge in [-0.15, -0.1) is 0 Å². The molecule has 0 aromatic carbocycles. The highest BCUT2D eigenvalue weighted by Crippen LogP contribution is 2.57. The van der Waals surface area contributed by atoms with Crippen LogP contribution in [0.1, 0.15) is 53.9 Å². The van der Waals surface area contributed by atoms with E-state index in [1.807, 2.05) is 0 Å². The number of ether oxygens (including phenoxy) is 1. The Balaban J connectivity index is 2.12. The molecular formula is C13H24O. The van der Waals surface area contributed by atoms with Gasteiger partial charge >= 0.3 is 0 Å². The van der Waals surface area contributed by atoms with Gasteiger partial charge < -0.3 is 4.74 Å². The molecule has 0 aromatic heterocycles. The fourth-order valence-corrected chi connectivity index (χ4v) is 3.44. The fourth-order valence-electron chi connectivity index (χ4n) is 3.44. The van der Waals surface area contributed by atoms with Gasteiger partial charge in [0, 0.05) is 0 Å². The molecule has 0 aliphatic heterocycles. The molecular weight excluding hydrogens is 172 g/mol. The van der Waals surface area contributed by atoms with Crippen LogP contribution >= 0.6 is 0 Å². The summed E-state index contributed by atoms with van der Waals surface area (Å²) < 4.78 is 6.25. The lowest BCUT2D eigenvalue weighted by atomic mass is 9.74. The largest absolute Gasteiger partial charge is 0.372 e. The summed E-state index contributed by atoms with van der Waals surface area (Å²) in [5, 5.41) is 0. The molecule has 0 N–H and O–H groups in total. The first-order valence-electron chi connectivity index (χ1n) is 5.98. The van der Waals surface area contributed by atoms with E-state index in [1.54, 1.807) is 0 Å². The minimum atomic E-state index is 0.0203. The van der Waals surface area contributed by atoms with Gasteiger partial charge in [0.05, 0.1) is 11.7 Å². The molecule has 3 atom stereocenters. The average Bonchev–Trinajstić information content (AvgIpc) is 2.51. The molecule has 0 radical (unpaired) electrons. The van der Waals surface area contributed by atoms with Crippen LogP contribution in [0.2, 0.25) is 0 Å². The van der Waals surface area contributed by atoms with Gasteiger partial charge in [0.1, 0.15) is 0 Å². The summed E-state index contributed by atoms with van der Waals surface area (Å²) in [6.07, 6.45) is 4.74. The first-order chi connectivity index (χ1) is 6.31. The van der Waals surface area contributed by atoms with Gasteiger partial charge in [0.2, 0.25) is 0 Å². The highest BCUT2D eigenvalue weighted by atomic mass is 16.5. The fraction of sp³-hybridized carbons (Fsp3) is 1.00. The number of hydrogen-bond donors (Lipinski definition) is 0. The van der Waals surface area contributed by atoms with Crippen molar-refractivity contribution in [2.45, 2.75) is 65.6 Å². The van der Waals surface area contributed by atoms with Crippen LogP contribution in [-0.4, -0.2) is 11.7 Å². The predicted octanol–water partition coefficient (Wildman–Crippen LogP) is 3.63. The molecule has 2 saturated carbocycles. The van der Waals surface area contributed by atoms with E-state index in [4.69, 9.17) is 4.74 Å². The molecule has 0 spiro atoms. The topological polar surface area (TPSA) is 9.23 Å². The van der Waals surface area contributed by atoms with E-state index >= 15 is 0 Å². The van der Waals surface area contributed by atoms with E-state index in [1.165, 1.54) is 19.3 Å². The maximum atomic E-state index is 6.25. The van der Waals surface area contributed by atoms with Crippen molar-refractivity contribution in [1.29, 1.82) is 0 Å². The van der Waals surface area contributed by atoms with E-state index < -0.39 is 0 Å². The third kappa shape index (κ3) is 1.60. The summed E-state index contributed by atoms with van der Waals surface area (Å²) >= 11 is 0. The van der Waals surface area contributed by atoms with E-state index in [9.17, 15) is 0 Å². The summed E-state index contributed by atoms with van der Waals surface area (Å²) in [7, 11) is 0. The smallest absolute Gasteiger partial charge is 0.0663 e. The molecule has 14 heavy (non-hydrogen) atoms. The van der Waals surface area contributed by atoms with Crippen molar-refractivity contribution in [3.8, 4) is 0 Å². The van der Waals surface area contributed by atoms with Crippen LogP contribution < -0.4 is 0 Å². The van der Waals surface area contributed by atoms with E-state index in [-0.39, 0.29) is 5.60 Å². The van der Waals surface area contributed by atoms with Crippen molar-refractivity contribution < 1.29 is 4.74 Å². The van der Waals surface area contributed by atoms with Crippen molar-refractivity contribution in [3.63, 3.8) is 0 Å². The van der Waals surface area contributed by atoms with Gasteiger partial charge in [0.15, 0.2) is 0 Å². The Kier molecular flexibility index (Phi) is 2.23. The van der Waals surface area contributed by atoms with Crippen molar-refractivity contribution >= 4 is 0 Å². The van der Waals surface area contributed by atoms with Crippen molar-refractivity contribution in [2.24, 2.45) is 17.3 Å². The SMILES string of the molecule is CC(C)(C)OC1C2CCC(C2)C1(C)C. The third-order valence-electron chi connectivity index (χ3n) is 4.17. The normalized spacial score (nSPS) is 40.5. The summed E-state index contributed by atoms with van der Waals surface area (Å²) in [5.41, 5.74) is 0.433. The maximum absolute atomic E-state index is 6.25. The molecule has 2 bridgehead atoms. The molecule has 0 aromatic rings. The van der Waals surface area contributed by atoms with Crippen LogP contribution in [0.5, 0.6) is 0 Å². The van der Waals surface area contributed by atoms with Crippen LogP contribution in [0.25, 0.3) is 0 Å². The van der Waals surface area contributed by atoms with Crippen LogP contribution in [0.3, 0.4) is 0 Å². The summed E-state index contributed by atoms with van der Waals surface area (Å²) in [6, 6.07) is 0. The lowest BCUT2D eigenvalue weighted by molar-refractivity contribution is -0.130. The molecule has 82 valence electrons. The van der Waals surface area contributed by atoms with Crippen molar-refractivity contribution in [2.75, 3.05) is 0 Å². The Labute approximate surface area is 88.2 Å². The van der Waals surface area contributed by atoms with Gasteiger partial charge in [-0.2, -0.15) is 0 Å². The summed E-state index contributed by atoms with van der Waals surface area (Å²) in [6.45, 7) is 11.3. The molecule has 1 nitrogen and oxygen atoms in total. The van der Waals surface area contributed by atoms with E-state index in [0.717, 1.165) is 11.8 Å². The third-order valence-corrected chi connectivity index (χ3v) is 4.17. The highest BCUT2D eigenvalue weighted by molar-refractivity contribution is 5.03. The van der Waals surface area contributed by atoms with Crippen LogP contribution in [0, 0.1) is 17.3 Å².